The lowest BCUT2D eigenvalue weighted by molar-refractivity contribution is 0.569. The van der Waals surface area contributed by atoms with Crippen molar-refractivity contribution in [1.29, 1.82) is 0 Å². The van der Waals surface area contributed by atoms with Crippen molar-refractivity contribution in [2.24, 2.45) is 0 Å². The van der Waals surface area contributed by atoms with Gasteiger partial charge in [-0.3, -0.25) is 0 Å². The third-order valence-electron chi connectivity index (χ3n) is 0.242. The van der Waals surface area contributed by atoms with Gasteiger partial charge in [0.1, 0.15) is 11.8 Å². The summed E-state index contributed by atoms with van der Waals surface area (Å²) in [6, 6.07) is 0. The van der Waals surface area contributed by atoms with E-state index in [9.17, 15) is 4.79 Å². The highest BCUT2D eigenvalue weighted by atomic mass is 32.1. The van der Waals surface area contributed by atoms with Crippen LogP contribution in [0.15, 0.2) is 8.64 Å². The molecule has 5 heavy (non-hydrogen) atoms. The zero-order valence-corrected chi connectivity index (χ0v) is 3.04. The molecule has 4 heteroatoms. The van der Waals surface area contributed by atoms with Crippen LogP contribution in [0.5, 0.6) is 0 Å². The lowest BCUT2D eigenvalue weighted by Gasteiger charge is -1.72. The zero-order chi connectivity index (χ0) is 3.70. The van der Waals surface area contributed by atoms with Crippen LogP contribution in [0.2, 0.25) is 0 Å². The van der Waals surface area contributed by atoms with Gasteiger partial charge in [0.25, 0.3) is 0 Å². The highest BCUT2D eigenvalue weighted by Gasteiger charge is 1.78. The lowest BCUT2D eigenvalue weighted by atomic mass is 11.5. The van der Waals surface area contributed by atoms with Gasteiger partial charge in [-0.2, -0.15) is 0 Å². The van der Waals surface area contributed by atoms with Crippen molar-refractivity contribution in [3.63, 3.8) is 0 Å². The fraction of sp³-hybridized carbons (Fsp3) is 0. The Kier molecular flexibility index (Phi) is 0.390. The maximum Gasteiger partial charge on any atom is 0.440 e. The summed E-state index contributed by atoms with van der Waals surface area (Å²) >= 11 is 0.946. The largest absolute Gasteiger partial charge is 0.440 e. The molecular weight excluding hydrogens is 90.1 g/mol. The van der Waals surface area contributed by atoms with Crippen LogP contribution in [0.1, 0.15) is 0 Å². The van der Waals surface area contributed by atoms with E-state index in [-0.39, 0.29) is 5.76 Å². The Morgan fingerprint density at radius 1 is 2.00 bits per heavy atom. The first-order valence-corrected chi connectivity index (χ1v) is 1.77. The molecule has 1 heterocycles. The number of H-pyrrole nitrogens is 1. The molecule has 1 rings (SSSR count). The minimum atomic E-state index is -0.352. The average molecular weight is 91.1 g/mol. The number of hydrogen-bond acceptors (Lipinski definition) is 3. The number of rotatable bonds is 0. The van der Waals surface area contributed by atoms with E-state index in [1.54, 1.807) is 0 Å². The highest BCUT2D eigenvalue weighted by Crippen LogP contribution is 1.74. The van der Waals surface area contributed by atoms with Crippen molar-refractivity contribution < 1.29 is 3.85 Å². The molecule has 0 spiro atoms. The van der Waals surface area contributed by atoms with Crippen LogP contribution in [0.25, 0.3) is 0 Å². The molecule has 0 aromatic carbocycles. The normalized spacial score (nSPS) is 8.80. The molecule has 1 N–H and O–H groups in total. The van der Waals surface area contributed by atoms with E-state index in [0.29, 0.717) is 0 Å². The lowest BCUT2D eigenvalue weighted by Crippen LogP contribution is -2.01. The quantitative estimate of drug-likeness (QED) is 0.489. The molecule has 0 fully saturated rings. The molecule has 3 nitrogen and oxygen atoms in total. The maximum atomic E-state index is 9.55. The molecule has 0 aliphatic rings. The van der Waals surface area contributed by atoms with Gasteiger partial charge in [-0.1, -0.05) is 0 Å². The summed E-state index contributed by atoms with van der Waals surface area (Å²) in [5.74, 6) is -0.352. The molecule has 0 radical (unpaired) electrons. The number of hydrogen-bond donors (Lipinski definition) is 1. The predicted molar refractivity (Wildman–Crippen MR) is 17.2 cm³/mol. The number of aromatic amines is 1. The van der Waals surface area contributed by atoms with Crippen molar-refractivity contribution in [1.82, 2.24) is 4.37 Å². The van der Waals surface area contributed by atoms with E-state index in [1.165, 1.54) is 0 Å². The highest BCUT2D eigenvalue weighted by molar-refractivity contribution is 6.96. The molecule has 0 saturated heterocycles. The second kappa shape index (κ2) is 0.718. The van der Waals surface area contributed by atoms with Crippen LogP contribution in [-0.2, 0) is 0 Å². The van der Waals surface area contributed by atoms with Gasteiger partial charge in [0, 0.05) is 0 Å². The van der Waals surface area contributed by atoms with E-state index in [1.807, 2.05) is 0 Å². The minimum Gasteiger partial charge on any atom is -0.331 e. The SMILES string of the molecule is O=c1[nH]so1. The van der Waals surface area contributed by atoms with E-state index in [0.717, 1.165) is 11.8 Å². The Labute approximate surface area is 31.6 Å². The van der Waals surface area contributed by atoms with Crippen molar-refractivity contribution in [2.75, 3.05) is 0 Å². The molecular formula is CHNO2S. The van der Waals surface area contributed by atoms with Crippen molar-refractivity contribution in [3.8, 4) is 0 Å². The maximum absolute atomic E-state index is 9.55. The summed E-state index contributed by atoms with van der Waals surface area (Å²) in [7, 11) is 0. The molecule has 0 amide bonds. The average Bonchev–Trinajstić information content (AvgIpc) is 1.30. The van der Waals surface area contributed by atoms with E-state index in [4.69, 9.17) is 0 Å². The molecule has 1 aromatic heterocycles. The summed E-state index contributed by atoms with van der Waals surface area (Å²) in [4.78, 5) is 9.55. The van der Waals surface area contributed by atoms with Crippen LogP contribution in [0.3, 0.4) is 0 Å². The van der Waals surface area contributed by atoms with Crippen LogP contribution in [-0.4, -0.2) is 4.37 Å². The Bertz CT molecular complexity index is 124. The third-order valence-corrected chi connectivity index (χ3v) is 0.727. The molecule has 1 aromatic rings. The predicted octanol–water partition coefficient (Wildman–Crippen LogP) is 0.0294. The Hall–Kier alpha value is -0.510. The second-order valence-corrected chi connectivity index (χ2v) is 1.09. The first-order chi connectivity index (χ1) is 2.39. The summed E-state index contributed by atoms with van der Waals surface area (Å²) in [6.45, 7) is 0. The van der Waals surface area contributed by atoms with E-state index < -0.39 is 0 Å². The van der Waals surface area contributed by atoms with E-state index >= 15 is 0 Å². The Balaban J connectivity index is 3.29. The van der Waals surface area contributed by atoms with Gasteiger partial charge in [0.2, 0.25) is 0 Å². The summed E-state index contributed by atoms with van der Waals surface area (Å²) in [5.41, 5.74) is 0. The summed E-state index contributed by atoms with van der Waals surface area (Å²) < 4.78 is 6.36. The monoisotopic (exact) mass is 91.0 g/mol. The fourth-order valence-electron chi connectivity index (χ4n) is 0.0757. The van der Waals surface area contributed by atoms with Crippen molar-refractivity contribution in [3.05, 3.63) is 10.6 Å². The second-order valence-electron chi connectivity index (χ2n) is 0.556. The van der Waals surface area contributed by atoms with Crippen LogP contribution >= 0.6 is 11.8 Å². The summed E-state index contributed by atoms with van der Waals surface area (Å²) in [5, 5.41) is 0. The first kappa shape index (κ1) is 2.71. The fourth-order valence-corrected chi connectivity index (χ4v) is 0.227. The van der Waals surface area contributed by atoms with E-state index in [2.05, 4.69) is 8.22 Å². The zero-order valence-electron chi connectivity index (χ0n) is 2.22. The molecule has 0 unspecified atom stereocenters. The summed E-state index contributed by atoms with van der Waals surface area (Å²) in [6.07, 6.45) is 0. The smallest absolute Gasteiger partial charge is 0.331 e. The third kappa shape index (κ3) is 0.257. The van der Waals surface area contributed by atoms with Crippen LogP contribution in [0.4, 0.5) is 0 Å². The molecule has 0 bridgehead atoms. The van der Waals surface area contributed by atoms with Gasteiger partial charge >= 0.3 is 5.76 Å². The number of nitrogens with one attached hydrogen (secondary N) is 1. The van der Waals surface area contributed by atoms with Gasteiger partial charge in [-0.15, -0.1) is 0 Å². The molecule has 28 valence electrons. The number of aromatic nitrogens is 1. The van der Waals surface area contributed by atoms with Gasteiger partial charge in [0.05, 0.1) is 0 Å². The molecule has 0 atom stereocenters. The minimum absolute atomic E-state index is 0.352. The standard InChI is InChI=1S/CHNO2S/c3-1-2-5-4-1/h(H,2,3). The van der Waals surface area contributed by atoms with Gasteiger partial charge in [-0.05, 0) is 0 Å². The van der Waals surface area contributed by atoms with Crippen LogP contribution in [0, 0.1) is 0 Å². The van der Waals surface area contributed by atoms with Gasteiger partial charge in [0.15, 0.2) is 0 Å². The first-order valence-electron chi connectivity index (χ1n) is 1.03. The van der Waals surface area contributed by atoms with Gasteiger partial charge < -0.3 is 3.85 Å². The molecule has 0 aliphatic heterocycles. The van der Waals surface area contributed by atoms with Crippen LogP contribution < -0.4 is 5.76 Å². The topological polar surface area (TPSA) is 46.0 Å². The van der Waals surface area contributed by atoms with Crippen molar-refractivity contribution >= 4 is 11.8 Å². The van der Waals surface area contributed by atoms with Gasteiger partial charge in [-0.25, -0.2) is 9.17 Å². The Morgan fingerprint density at radius 2 is 2.40 bits per heavy atom. The molecule has 0 saturated carbocycles. The molecule has 0 aliphatic carbocycles. The Morgan fingerprint density at radius 3 is 2.40 bits per heavy atom. The van der Waals surface area contributed by atoms with Crippen molar-refractivity contribution in [2.45, 2.75) is 0 Å².